The van der Waals surface area contributed by atoms with Crippen LogP contribution in [-0.2, 0) is 0 Å². The molecule has 2 aromatic rings. The molecule has 0 aliphatic rings. The zero-order valence-electron chi connectivity index (χ0n) is 9.19. The van der Waals surface area contributed by atoms with Gasteiger partial charge < -0.3 is 16.2 Å². The van der Waals surface area contributed by atoms with Crippen LogP contribution in [0.4, 0.5) is 11.5 Å². The summed E-state index contributed by atoms with van der Waals surface area (Å²) in [4.78, 5) is 11.9. The second kappa shape index (κ2) is 4.17. The number of aryl methyl sites for hydroxylation is 1. The number of anilines is 2. The van der Waals surface area contributed by atoms with Crippen LogP contribution in [0.3, 0.4) is 0 Å². The maximum atomic E-state index is 11.9. The lowest BCUT2D eigenvalue weighted by molar-refractivity contribution is 0.102. The van der Waals surface area contributed by atoms with Gasteiger partial charge in [0, 0.05) is 5.56 Å². The number of nitrogens with two attached hydrogens (primary N) is 1. The molecule has 17 heavy (non-hydrogen) atoms. The van der Waals surface area contributed by atoms with E-state index in [1.807, 2.05) is 0 Å². The Labute approximate surface area is 97.5 Å². The van der Waals surface area contributed by atoms with Crippen LogP contribution in [0.5, 0.6) is 5.75 Å². The van der Waals surface area contributed by atoms with E-state index in [1.54, 1.807) is 13.0 Å². The number of benzene rings is 1. The molecule has 0 aliphatic heterocycles. The zero-order chi connectivity index (χ0) is 12.4. The topological polar surface area (TPSA) is 104 Å². The molecule has 5 N–H and O–H groups in total. The molecule has 0 saturated carbocycles. The molecule has 1 amide bonds. The van der Waals surface area contributed by atoms with Crippen molar-refractivity contribution in [2.45, 2.75) is 6.92 Å². The van der Waals surface area contributed by atoms with Gasteiger partial charge in [-0.1, -0.05) is 0 Å². The van der Waals surface area contributed by atoms with Crippen LogP contribution in [0.15, 0.2) is 24.4 Å². The minimum Gasteiger partial charge on any atom is -0.508 e. The third-order valence-corrected chi connectivity index (χ3v) is 2.36. The first kappa shape index (κ1) is 11.0. The highest BCUT2D eigenvalue weighted by Crippen LogP contribution is 2.18. The molecule has 0 unspecified atom stereocenters. The van der Waals surface area contributed by atoms with E-state index in [2.05, 4.69) is 15.5 Å². The Morgan fingerprint density at radius 2 is 2.29 bits per heavy atom. The van der Waals surface area contributed by atoms with Crippen LogP contribution in [-0.4, -0.2) is 21.2 Å². The van der Waals surface area contributed by atoms with Gasteiger partial charge >= 0.3 is 0 Å². The van der Waals surface area contributed by atoms with Crippen molar-refractivity contribution in [2.75, 3.05) is 11.1 Å². The van der Waals surface area contributed by atoms with E-state index in [-0.39, 0.29) is 11.7 Å². The quantitative estimate of drug-likeness (QED) is 0.625. The van der Waals surface area contributed by atoms with Crippen LogP contribution in [0.25, 0.3) is 0 Å². The molecule has 0 radical (unpaired) electrons. The summed E-state index contributed by atoms with van der Waals surface area (Å²) in [6.07, 6.45) is 1.42. The molecule has 0 saturated heterocycles. The number of amides is 1. The number of phenolic OH excluding ortho intramolecular Hbond substituents is 1. The van der Waals surface area contributed by atoms with Gasteiger partial charge in [-0.25, -0.2) is 0 Å². The summed E-state index contributed by atoms with van der Waals surface area (Å²) in [5.74, 6) is 0.182. The van der Waals surface area contributed by atoms with Crippen molar-refractivity contribution in [3.05, 3.63) is 35.5 Å². The Morgan fingerprint density at radius 1 is 1.53 bits per heavy atom. The van der Waals surface area contributed by atoms with Crippen LogP contribution in [0, 0.1) is 6.92 Å². The summed E-state index contributed by atoms with van der Waals surface area (Å²) in [5.41, 5.74) is 7.10. The molecule has 0 fully saturated rings. The maximum absolute atomic E-state index is 11.9. The van der Waals surface area contributed by atoms with Crippen molar-refractivity contribution in [2.24, 2.45) is 0 Å². The number of nitrogens with one attached hydrogen (secondary N) is 2. The average molecular weight is 232 g/mol. The number of hydrogen-bond donors (Lipinski definition) is 4. The van der Waals surface area contributed by atoms with Crippen LogP contribution >= 0.6 is 0 Å². The summed E-state index contributed by atoms with van der Waals surface area (Å²) in [5, 5.41) is 18.1. The highest BCUT2D eigenvalue weighted by atomic mass is 16.3. The molecule has 0 atom stereocenters. The molecule has 1 heterocycles. The molecule has 0 bridgehead atoms. The highest BCUT2D eigenvalue weighted by Gasteiger charge is 2.11. The van der Waals surface area contributed by atoms with E-state index < -0.39 is 0 Å². The summed E-state index contributed by atoms with van der Waals surface area (Å²) < 4.78 is 0. The fraction of sp³-hybridized carbons (Fsp3) is 0.0909. The standard InChI is InChI=1S/C11H12N4O2/c1-6-4-7(16)2-3-8(6)11(17)14-10-9(12)5-13-15-10/h2-5,16H,12H2,1H3,(H2,13,14,15,17). The lowest BCUT2D eigenvalue weighted by Crippen LogP contribution is -2.14. The minimum absolute atomic E-state index is 0.125. The molecule has 2 rings (SSSR count). The fourth-order valence-electron chi connectivity index (χ4n) is 1.48. The van der Waals surface area contributed by atoms with Crippen molar-refractivity contribution in [3.8, 4) is 5.75 Å². The molecule has 6 heteroatoms. The zero-order valence-corrected chi connectivity index (χ0v) is 9.19. The van der Waals surface area contributed by atoms with Gasteiger partial charge in [-0.15, -0.1) is 0 Å². The van der Waals surface area contributed by atoms with Crippen molar-refractivity contribution in [1.82, 2.24) is 10.2 Å². The number of carbonyl (C=O) groups excluding carboxylic acids is 1. The van der Waals surface area contributed by atoms with E-state index in [0.717, 1.165) is 0 Å². The van der Waals surface area contributed by atoms with E-state index >= 15 is 0 Å². The number of aromatic hydroxyl groups is 1. The molecule has 88 valence electrons. The van der Waals surface area contributed by atoms with Crippen molar-refractivity contribution < 1.29 is 9.90 Å². The van der Waals surface area contributed by atoms with Gasteiger partial charge in [-0.05, 0) is 30.7 Å². The Kier molecular flexibility index (Phi) is 2.70. The largest absolute Gasteiger partial charge is 0.508 e. The molecule has 1 aromatic heterocycles. The number of nitrogens with zero attached hydrogens (tertiary/aromatic N) is 1. The Morgan fingerprint density at radius 3 is 2.88 bits per heavy atom. The van der Waals surface area contributed by atoms with Crippen LogP contribution in [0.1, 0.15) is 15.9 Å². The number of aromatic amines is 1. The lowest BCUT2D eigenvalue weighted by Gasteiger charge is -2.06. The number of aromatic nitrogens is 2. The maximum Gasteiger partial charge on any atom is 0.257 e. The van der Waals surface area contributed by atoms with Gasteiger partial charge in [0.25, 0.3) is 5.91 Å². The number of phenols is 1. The summed E-state index contributed by atoms with van der Waals surface area (Å²) in [7, 11) is 0. The molecular weight excluding hydrogens is 220 g/mol. The number of carbonyl (C=O) groups is 1. The van der Waals surface area contributed by atoms with E-state index in [4.69, 9.17) is 5.73 Å². The molecule has 0 spiro atoms. The summed E-state index contributed by atoms with van der Waals surface area (Å²) >= 11 is 0. The van der Waals surface area contributed by atoms with E-state index in [9.17, 15) is 9.90 Å². The van der Waals surface area contributed by atoms with E-state index in [1.165, 1.54) is 18.3 Å². The van der Waals surface area contributed by atoms with Crippen LogP contribution < -0.4 is 11.1 Å². The second-order valence-corrected chi connectivity index (χ2v) is 3.65. The lowest BCUT2D eigenvalue weighted by atomic mass is 10.1. The van der Waals surface area contributed by atoms with Crippen LogP contribution in [0.2, 0.25) is 0 Å². The van der Waals surface area contributed by atoms with Gasteiger partial charge in [0.1, 0.15) is 5.75 Å². The van der Waals surface area contributed by atoms with Gasteiger partial charge in [0.05, 0.1) is 11.9 Å². The number of H-pyrrole nitrogens is 1. The number of nitrogen functional groups attached to an aromatic ring is 1. The third-order valence-electron chi connectivity index (χ3n) is 2.36. The van der Waals surface area contributed by atoms with Crippen molar-refractivity contribution >= 4 is 17.4 Å². The Balaban J connectivity index is 2.23. The Hall–Kier alpha value is -2.50. The fourth-order valence-corrected chi connectivity index (χ4v) is 1.48. The molecule has 0 aliphatic carbocycles. The first-order chi connectivity index (χ1) is 8.08. The summed E-state index contributed by atoms with van der Waals surface area (Å²) in [6.45, 7) is 1.74. The summed E-state index contributed by atoms with van der Waals surface area (Å²) in [6, 6.07) is 4.52. The minimum atomic E-state index is -0.307. The molecule has 6 nitrogen and oxygen atoms in total. The molecular formula is C11H12N4O2. The van der Waals surface area contributed by atoms with Gasteiger partial charge in [-0.3, -0.25) is 9.89 Å². The molecule has 1 aromatic carbocycles. The van der Waals surface area contributed by atoms with Crippen molar-refractivity contribution in [1.29, 1.82) is 0 Å². The smallest absolute Gasteiger partial charge is 0.257 e. The predicted molar refractivity (Wildman–Crippen MR) is 63.8 cm³/mol. The van der Waals surface area contributed by atoms with Gasteiger partial charge in [0.2, 0.25) is 0 Å². The number of rotatable bonds is 2. The first-order valence-electron chi connectivity index (χ1n) is 4.97. The number of hydrogen-bond acceptors (Lipinski definition) is 4. The Bertz CT molecular complexity index is 562. The average Bonchev–Trinajstić information content (AvgIpc) is 2.64. The van der Waals surface area contributed by atoms with Gasteiger partial charge in [0.15, 0.2) is 5.82 Å². The van der Waals surface area contributed by atoms with E-state index in [0.29, 0.717) is 22.6 Å². The monoisotopic (exact) mass is 232 g/mol. The SMILES string of the molecule is Cc1cc(O)ccc1C(=O)Nc1[nH]ncc1N. The normalized spacial score (nSPS) is 10.2. The third kappa shape index (κ3) is 2.20. The van der Waals surface area contributed by atoms with Gasteiger partial charge in [-0.2, -0.15) is 5.10 Å². The predicted octanol–water partition coefficient (Wildman–Crippen LogP) is 1.26. The first-order valence-corrected chi connectivity index (χ1v) is 4.97. The second-order valence-electron chi connectivity index (χ2n) is 3.65. The highest BCUT2D eigenvalue weighted by molar-refractivity contribution is 6.06. The van der Waals surface area contributed by atoms with Crippen molar-refractivity contribution in [3.63, 3.8) is 0 Å².